The Morgan fingerprint density at radius 3 is 1.80 bits per heavy atom. The average Bonchev–Trinajstić information content (AvgIpc) is 2.16. The average molecular weight is 216 g/mol. The van der Waals surface area contributed by atoms with Gasteiger partial charge in [-0.2, -0.15) is 0 Å². The van der Waals surface area contributed by atoms with Crippen molar-refractivity contribution in [2.45, 2.75) is 32.6 Å². The van der Waals surface area contributed by atoms with Crippen molar-refractivity contribution >= 4 is 11.9 Å². The lowest BCUT2D eigenvalue weighted by Gasteiger charge is -2.06. The second-order valence-corrected chi connectivity index (χ2v) is 3.14. The highest BCUT2D eigenvalue weighted by atomic mass is 16.4. The van der Waals surface area contributed by atoms with Gasteiger partial charge in [-0.05, 0) is 12.8 Å². The molecular weight excluding hydrogens is 200 g/mol. The first kappa shape index (κ1) is 13.6. The maximum absolute atomic E-state index is 10.8. The van der Waals surface area contributed by atoms with Crippen LogP contribution in [-0.4, -0.2) is 33.9 Å². The first-order valence-corrected chi connectivity index (χ1v) is 4.84. The fourth-order valence-electron chi connectivity index (χ4n) is 1.24. The van der Waals surface area contributed by atoms with E-state index in [4.69, 9.17) is 15.3 Å². The van der Waals surface area contributed by atoms with Gasteiger partial charge >= 0.3 is 11.9 Å². The topological polar surface area (TPSA) is 94.8 Å². The van der Waals surface area contributed by atoms with Crippen LogP contribution in [0.25, 0.3) is 0 Å². The zero-order valence-electron chi connectivity index (χ0n) is 8.69. The first-order valence-electron chi connectivity index (χ1n) is 4.84. The fraction of sp³-hybridized carbons (Fsp3) is 0.600. The molecule has 5 heteroatoms. The fourth-order valence-corrected chi connectivity index (χ4v) is 1.24. The number of unbranched alkanes of at least 4 members (excludes halogenated alkanes) is 1. The van der Waals surface area contributed by atoms with E-state index < -0.39 is 11.9 Å². The van der Waals surface area contributed by atoms with Crippen LogP contribution in [0.4, 0.5) is 0 Å². The summed E-state index contributed by atoms with van der Waals surface area (Å²) < 4.78 is 0. The normalized spacial score (nSPS) is 12.1. The molecule has 0 bridgehead atoms. The van der Waals surface area contributed by atoms with Crippen molar-refractivity contribution < 1.29 is 24.9 Å². The summed E-state index contributed by atoms with van der Waals surface area (Å²) in [6.45, 7) is 1.54. The standard InChI is InChI=1S/C10H16O5/c1-2-3-4-7(9(12)13)8(5-6-11)10(14)15/h11H,2-6H2,1H3,(H,12,13)(H,14,15)/b8-7+. The highest BCUT2D eigenvalue weighted by molar-refractivity contribution is 5.98. The van der Waals surface area contributed by atoms with Crippen LogP contribution in [0.15, 0.2) is 11.1 Å². The molecule has 0 unspecified atom stereocenters. The van der Waals surface area contributed by atoms with E-state index in [0.717, 1.165) is 6.42 Å². The Morgan fingerprint density at radius 1 is 1.00 bits per heavy atom. The number of hydrogen-bond acceptors (Lipinski definition) is 3. The van der Waals surface area contributed by atoms with Gasteiger partial charge in [0.1, 0.15) is 0 Å². The summed E-state index contributed by atoms with van der Waals surface area (Å²) in [6.07, 6.45) is 1.53. The summed E-state index contributed by atoms with van der Waals surface area (Å²) in [5.41, 5.74) is -0.295. The SMILES string of the molecule is CCCC/C(C(=O)O)=C(/CCO)C(=O)O. The molecular formula is C10H16O5. The van der Waals surface area contributed by atoms with E-state index in [2.05, 4.69) is 0 Å². The van der Waals surface area contributed by atoms with Gasteiger partial charge in [0.25, 0.3) is 0 Å². The maximum Gasteiger partial charge on any atom is 0.332 e. The van der Waals surface area contributed by atoms with Crippen molar-refractivity contribution in [2.75, 3.05) is 6.61 Å². The Labute approximate surface area is 88.0 Å². The van der Waals surface area contributed by atoms with Crippen LogP contribution in [0.5, 0.6) is 0 Å². The predicted molar refractivity (Wildman–Crippen MR) is 53.5 cm³/mol. The largest absolute Gasteiger partial charge is 0.478 e. The summed E-state index contributed by atoms with van der Waals surface area (Å²) in [5, 5.41) is 26.3. The molecule has 0 aliphatic rings. The van der Waals surface area contributed by atoms with Gasteiger partial charge in [0.05, 0.1) is 0 Å². The van der Waals surface area contributed by atoms with Crippen LogP contribution in [0.2, 0.25) is 0 Å². The Bertz CT molecular complexity index is 267. The lowest BCUT2D eigenvalue weighted by molar-refractivity contribution is -0.136. The maximum atomic E-state index is 10.8. The van der Waals surface area contributed by atoms with E-state index in [1.807, 2.05) is 6.92 Å². The molecule has 0 heterocycles. The van der Waals surface area contributed by atoms with Gasteiger partial charge in [-0.25, -0.2) is 9.59 Å². The molecule has 0 aliphatic heterocycles. The molecule has 0 atom stereocenters. The van der Waals surface area contributed by atoms with Crippen molar-refractivity contribution in [3.8, 4) is 0 Å². The van der Waals surface area contributed by atoms with E-state index in [1.54, 1.807) is 0 Å². The summed E-state index contributed by atoms with van der Waals surface area (Å²) in [5.74, 6) is -2.48. The summed E-state index contributed by atoms with van der Waals surface area (Å²) in [6, 6.07) is 0. The number of aliphatic hydroxyl groups is 1. The lowest BCUT2D eigenvalue weighted by atomic mass is 10.0. The number of aliphatic carboxylic acids is 2. The van der Waals surface area contributed by atoms with Gasteiger partial charge in [-0.3, -0.25) is 0 Å². The van der Waals surface area contributed by atoms with E-state index in [-0.39, 0.29) is 30.6 Å². The molecule has 0 saturated carbocycles. The number of carboxylic acids is 2. The van der Waals surface area contributed by atoms with Crippen LogP contribution in [0.1, 0.15) is 32.6 Å². The number of carboxylic acid groups (broad SMARTS) is 2. The summed E-state index contributed by atoms with van der Waals surface area (Å²) in [7, 11) is 0. The molecule has 0 spiro atoms. The van der Waals surface area contributed by atoms with Gasteiger partial charge in [-0.1, -0.05) is 13.3 Å². The van der Waals surface area contributed by atoms with E-state index in [9.17, 15) is 9.59 Å². The molecule has 5 nitrogen and oxygen atoms in total. The van der Waals surface area contributed by atoms with Gasteiger partial charge in [0.2, 0.25) is 0 Å². The number of rotatable bonds is 7. The monoisotopic (exact) mass is 216 g/mol. The third kappa shape index (κ3) is 4.60. The lowest BCUT2D eigenvalue weighted by Crippen LogP contribution is -2.12. The molecule has 3 N–H and O–H groups in total. The first-order chi connectivity index (χ1) is 7.04. The van der Waals surface area contributed by atoms with Crippen LogP contribution >= 0.6 is 0 Å². The van der Waals surface area contributed by atoms with Gasteiger partial charge in [0.15, 0.2) is 0 Å². The van der Waals surface area contributed by atoms with Gasteiger partial charge in [-0.15, -0.1) is 0 Å². The molecule has 0 aromatic carbocycles. The zero-order chi connectivity index (χ0) is 11.8. The molecule has 0 fully saturated rings. The molecule has 0 aromatic heterocycles. The number of hydrogen-bond donors (Lipinski definition) is 3. The van der Waals surface area contributed by atoms with E-state index in [1.165, 1.54) is 0 Å². The second kappa shape index (κ2) is 7.00. The molecule has 0 saturated heterocycles. The van der Waals surface area contributed by atoms with Crippen molar-refractivity contribution in [3.63, 3.8) is 0 Å². The Hall–Kier alpha value is -1.36. The number of aliphatic hydroxyl groups excluding tert-OH is 1. The van der Waals surface area contributed by atoms with Crippen molar-refractivity contribution in [1.82, 2.24) is 0 Å². The van der Waals surface area contributed by atoms with Gasteiger partial charge in [0, 0.05) is 24.2 Å². The third-order valence-corrected chi connectivity index (χ3v) is 2.02. The highest BCUT2D eigenvalue weighted by Crippen LogP contribution is 2.16. The molecule has 0 aliphatic carbocycles. The zero-order valence-corrected chi connectivity index (χ0v) is 8.69. The van der Waals surface area contributed by atoms with Crippen LogP contribution in [-0.2, 0) is 9.59 Å². The summed E-state index contributed by atoms with van der Waals surface area (Å²) >= 11 is 0. The van der Waals surface area contributed by atoms with Crippen molar-refractivity contribution in [2.24, 2.45) is 0 Å². The Morgan fingerprint density at radius 2 is 1.47 bits per heavy atom. The molecule has 15 heavy (non-hydrogen) atoms. The highest BCUT2D eigenvalue weighted by Gasteiger charge is 2.18. The van der Waals surface area contributed by atoms with Crippen molar-refractivity contribution in [1.29, 1.82) is 0 Å². The van der Waals surface area contributed by atoms with Crippen LogP contribution in [0, 0.1) is 0 Å². The molecule has 0 amide bonds. The molecule has 0 aromatic rings. The van der Waals surface area contributed by atoms with E-state index in [0.29, 0.717) is 6.42 Å². The van der Waals surface area contributed by atoms with Crippen LogP contribution < -0.4 is 0 Å². The summed E-state index contributed by atoms with van der Waals surface area (Å²) in [4.78, 5) is 21.6. The molecule has 0 rings (SSSR count). The van der Waals surface area contributed by atoms with E-state index >= 15 is 0 Å². The predicted octanol–water partition coefficient (Wildman–Crippen LogP) is 1.02. The molecule has 86 valence electrons. The smallest absolute Gasteiger partial charge is 0.332 e. The minimum Gasteiger partial charge on any atom is -0.478 e. The third-order valence-electron chi connectivity index (χ3n) is 2.02. The van der Waals surface area contributed by atoms with Crippen molar-refractivity contribution in [3.05, 3.63) is 11.1 Å². The quantitative estimate of drug-likeness (QED) is 0.552. The molecule has 0 radical (unpaired) electrons. The van der Waals surface area contributed by atoms with Crippen LogP contribution in [0.3, 0.4) is 0 Å². The Kier molecular flexibility index (Phi) is 6.37. The minimum atomic E-state index is -1.27. The van der Waals surface area contributed by atoms with Gasteiger partial charge < -0.3 is 15.3 Å². The Balaban J connectivity index is 4.96. The minimum absolute atomic E-state index is 0.0987. The second-order valence-electron chi connectivity index (χ2n) is 3.14. The number of carbonyl (C=O) groups is 2.